The van der Waals surface area contributed by atoms with Crippen molar-refractivity contribution >= 4 is 11.7 Å². The Morgan fingerprint density at radius 1 is 1.11 bits per heavy atom. The molecule has 2 heterocycles. The van der Waals surface area contributed by atoms with E-state index in [1.165, 1.54) is 24.1 Å². The lowest BCUT2D eigenvalue weighted by atomic mass is 10.1. The highest BCUT2D eigenvalue weighted by Crippen LogP contribution is 2.31. The minimum atomic E-state index is -4.80. The minimum Gasteiger partial charge on any atom is -0.497 e. The van der Waals surface area contributed by atoms with Crippen molar-refractivity contribution in [3.8, 4) is 17.2 Å². The fraction of sp³-hybridized carbons (Fsp3) is 0.375. The van der Waals surface area contributed by atoms with Crippen LogP contribution in [0, 0.1) is 5.82 Å². The van der Waals surface area contributed by atoms with E-state index in [2.05, 4.69) is 26.4 Å². The lowest BCUT2D eigenvalue weighted by molar-refractivity contribution is -0.156. The average molecular weight is 507 g/mol. The van der Waals surface area contributed by atoms with Crippen LogP contribution in [0.3, 0.4) is 0 Å². The Morgan fingerprint density at radius 3 is 2.47 bits per heavy atom. The van der Waals surface area contributed by atoms with Crippen LogP contribution >= 0.6 is 0 Å². The molecule has 0 radical (unpaired) electrons. The molecule has 0 atom stereocenters. The third-order valence-electron chi connectivity index (χ3n) is 5.98. The van der Waals surface area contributed by atoms with Gasteiger partial charge in [-0.2, -0.15) is 13.2 Å². The van der Waals surface area contributed by atoms with Crippen molar-refractivity contribution in [3.05, 3.63) is 59.7 Å². The molecule has 0 spiro atoms. The van der Waals surface area contributed by atoms with E-state index in [9.17, 15) is 18.0 Å². The molecule has 4 rings (SSSR count). The number of benzene rings is 2. The van der Waals surface area contributed by atoms with Crippen LogP contribution in [-0.2, 0) is 12.7 Å². The Bertz CT molecular complexity index is 1210. The molecule has 8 nitrogen and oxygen atoms in total. The van der Waals surface area contributed by atoms with Gasteiger partial charge in [0.1, 0.15) is 11.6 Å². The zero-order chi connectivity index (χ0) is 25.9. The van der Waals surface area contributed by atoms with Gasteiger partial charge < -0.3 is 19.0 Å². The Kier molecular flexibility index (Phi) is 7.43. The molecule has 1 aliphatic rings. The Hall–Kier alpha value is -3.67. The van der Waals surface area contributed by atoms with E-state index in [0.29, 0.717) is 24.5 Å². The summed E-state index contributed by atoms with van der Waals surface area (Å²) in [5, 5.41) is 6.33. The van der Waals surface area contributed by atoms with E-state index < -0.39 is 23.8 Å². The predicted molar refractivity (Wildman–Crippen MR) is 123 cm³/mol. The van der Waals surface area contributed by atoms with Gasteiger partial charge in [0, 0.05) is 49.1 Å². The van der Waals surface area contributed by atoms with Crippen LogP contribution < -0.4 is 9.64 Å². The molecular formula is C24H25F4N5O3. The number of amides is 2. The van der Waals surface area contributed by atoms with Gasteiger partial charge in [-0.25, -0.2) is 9.18 Å². The summed E-state index contributed by atoms with van der Waals surface area (Å²) < 4.78 is 63.3. The van der Waals surface area contributed by atoms with Gasteiger partial charge in [0.2, 0.25) is 5.89 Å². The number of nitrogens with zero attached hydrogens (tertiary/aromatic N) is 5. The molecule has 1 aromatic heterocycles. The average Bonchev–Trinajstić information content (AvgIpc) is 3.39. The van der Waals surface area contributed by atoms with Gasteiger partial charge in [0.05, 0.1) is 13.7 Å². The Morgan fingerprint density at radius 2 is 1.86 bits per heavy atom. The van der Waals surface area contributed by atoms with E-state index in [1.54, 1.807) is 29.2 Å². The second-order valence-electron chi connectivity index (χ2n) is 8.21. The summed E-state index contributed by atoms with van der Waals surface area (Å²) in [4.78, 5) is 18.9. The first kappa shape index (κ1) is 25.4. The second-order valence-corrected chi connectivity index (χ2v) is 8.21. The second kappa shape index (κ2) is 10.5. The number of hydrogen-bond donors (Lipinski definition) is 0. The van der Waals surface area contributed by atoms with E-state index in [1.807, 2.05) is 0 Å². The third-order valence-corrected chi connectivity index (χ3v) is 5.98. The number of alkyl halides is 3. The smallest absolute Gasteiger partial charge is 0.470 e. The summed E-state index contributed by atoms with van der Waals surface area (Å²) >= 11 is 0. The number of ether oxygens (including phenoxy) is 1. The van der Waals surface area contributed by atoms with Crippen molar-refractivity contribution in [2.24, 2.45) is 0 Å². The zero-order valence-corrected chi connectivity index (χ0v) is 19.8. The van der Waals surface area contributed by atoms with Crippen molar-refractivity contribution in [1.82, 2.24) is 20.0 Å². The molecule has 0 saturated carbocycles. The zero-order valence-electron chi connectivity index (χ0n) is 19.8. The molecule has 0 bridgehead atoms. The number of rotatable bonds is 6. The number of anilines is 1. The van der Waals surface area contributed by atoms with E-state index in [0.717, 1.165) is 25.7 Å². The van der Waals surface area contributed by atoms with Crippen LogP contribution in [-0.4, -0.2) is 65.9 Å². The summed E-state index contributed by atoms with van der Waals surface area (Å²) in [5.41, 5.74) is 0.680. The fourth-order valence-electron chi connectivity index (χ4n) is 3.91. The van der Waals surface area contributed by atoms with E-state index in [4.69, 9.17) is 4.74 Å². The number of hydrogen-bond acceptors (Lipinski definition) is 6. The molecule has 0 aliphatic carbocycles. The van der Waals surface area contributed by atoms with Crippen LogP contribution in [0.4, 0.5) is 28.0 Å². The van der Waals surface area contributed by atoms with Crippen LogP contribution in [0.1, 0.15) is 18.4 Å². The molecule has 3 aromatic rings. The van der Waals surface area contributed by atoms with Crippen molar-refractivity contribution in [2.75, 3.05) is 44.7 Å². The first-order chi connectivity index (χ1) is 17.2. The maximum Gasteiger partial charge on any atom is 0.470 e. The summed E-state index contributed by atoms with van der Waals surface area (Å²) in [5.74, 6) is -2.16. The highest BCUT2D eigenvalue weighted by Gasteiger charge is 2.38. The summed E-state index contributed by atoms with van der Waals surface area (Å²) in [6.45, 7) is 5.39. The van der Waals surface area contributed by atoms with Gasteiger partial charge in [0.25, 0.3) is 0 Å². The molecule has 0 N–H and O–H groups in total. The van der Waals surface area contributed by atoms with Gasteiger partial charge in [0.15, 0.2) is 0 Å². The monoisotopic (exact) mass is 507 g/mol. The van der Waals surface area contributed by atoms with Crippen molar-refractivity contribution in [1.29, 1.82) is 0 Å². The number of piperazine rings is 1. The molecule has 1 aliphatic heterocycles. The summed E-state index contributed by atoms with van der Waals surface area (Å²) in [7, 11) is 1.51. The number of methoxy groups -OCH3 is 1. The van der Waals surface area contributed by atoms with Crippen LogP contribution in [0.2, 0.25) is 0 Å². The number of carbonyl (C=O) groups is 1. The maximum absolute atomic E-state index is 15.1. The van der Waals surface area contributed by atoms with Gasteiger partial charge in [-0.1, -0.05) is 19.1 Å². The fourth-order valence-corrected chi connectivity index (χ4v) is 3.91. The molecule has 36 heavy (non-hydrogen) atoms. The van der Waals surface area contributed by atoms with Crippen molar-refractivity contribution < 1.29 is 31.5 Å². The van der Waals surface area contributed by atoms with Gasteiger partial charge in [-0.3, -0.25) is 4.90 Å². The minimum absolute atomic E-state index is 0.00538. The van der Waals surface area contributed by atoms with E-state index >= 15 is 4.39 Å². The standard InChI is InChI=1S/C24H25F4N5O3/c1-3-31-9-11-32(12-10-31)23(34)33(18-5-4-6-19(14-18)35-2)15-17-8-7-16(13-20(17)25)21-29-30-22(36-21)24(26,27)28/h4-8,13-14H,3,9-12,15H2,1-2H3. The van der Waals surface area contributed by atoms with Crippen LogP contribution in [0.25, 0.3) is 11.5 Å². The SMILES string of the molecule is CCN1CCN(C(=O)N(Cc2ccc(-c3nnc(C(F)(F)F)o3)cc2F)c2cccc(OC)c2)CC1. The van der Waals surface area contributed by atoms with Crippen molar-refractivity contribution in [2.45, 2.75) is 19.6 Å². The highest BCUT2D eigenvalue weighted by molar-refractivity contribution is 5.92. The van der Waals surface area contributed by atoms with Gasteiger partial charge in [-0.05, 0) is 30.8 Å². The molecule has 2 aromatic carbocycles. The Labute approximate surface area is 205 Å². The van der Waals surface area contributed by atoms with Gasteiger partial charge in [-0.15, -0.1) is 10.2 Å². The molecule has 1 fully saturated rings. The maximum atomic E-state index is 15.1. The summed E-state index contributed by atoms with van der Waals surface area (Å²) in [6, 6.07) is 10.4. The number of carbonyl (C=O) groups excluding carboxylic acids is 1. The number of aromatic nitrogens is 2. The third kappa shape index (κ3) is 5.59. The lowest BCUT2D eigenvalue weighted by Gasteiger charge is -2.37. The van der Waals surface area contributed by atoms with Gasteiger partial charge >= 0.3 is 18.1 Å². The predicted octanol–water partition coefficient (Wildman–Crippen LogP) is 4.67. The molecule has 192 valence electrons. The van der Waals surface area contributed by atoms with Crippen molar-refractivity contribution in [3.63, 3.8) is 0 Å². The molecule has 2 amide bonds. The number of likely N-dealkylation sites (N-methyl/N-ethyl adjacent to an activating group) is 1. The number of urea groups is 1. The molecule has 0 unspecified atom stereocenters. The summed E-state index contributed by atoms with van der Waals surface area (Å²) in [6.07, 6.45) is -4.80. The van der Waals surface area contributed by atoms with E-state index in [-0.39, 0.29) is 23.7 Å². The topological polar surface area (TPSA) is 74.9 Å². The lowest BCUT2D eigenvalue weighted by Crippen LogP contribution is -2.52. The quantitative estimate of drug-likeness (QED) is 0.452. The first-order valence-electron chi connectivity index (χ1n) is 11.3. The van der Waals surface area contributed by atoms with Crippen LogP contribution in [0.15, 0.2) is 46.9 Å². The molecular weight excluding hydrogens is 482 g/mol. The Balaban J connectivity index is 1.60. The molecule has 12 heteroatoms. The largest absolute Gasteiger partial charge is 0.497 e. The highest BCUT2D eigenvalue weighted by atomic mass is 19.4. The van der Waals surface area contributed by atoms with Crippen LogP contribution in [0.5, 0.6) is 5.75 Å². The normalized spacial score (nSPS) is 14.7. The first-order valence-corrected chi connectivity index (χ1v) is 11.3. The molecule has 1 saturated heterocycles. The number of halogens is 4.